The predicted octanol–water partition coefficient (Wildman–Crippen LogP) is 9.28. The lowest BCUT2D eigenvalue weighted by Gasteiger charge is -2.49. The van der Waals surface area contributed by atoms with Gasteiger partial charge in [-0.2, -0.15) is 11.8 Å². The summed E-state index contributed by atoms with van der Waals surface area (Å²) in [6.07, 6.45) is 8.06. The highest BCUT2D eigenvalue weighted by atomic mass is 32.2. The lowest BCUT2D eigenvalue weighted by atomic mass is 9.65. The van der Waals surface area contributed by atoms with Gasteiger partial charge in [-0.15, -0.1) is 0 Å². The maximum absolute atomic E-state index is 2.54. The van der Waals surface area contributed by atoms with Crippen molar-refractivity contribution in [2.24, 2.45) is 23.7 Å². The Hall–Kier alpha value is -1.21. The van der Waals surface area contributed by atoms with E-state index in [0.717, 1.165) is 34.2 Å². The zero-order valence-electron chi connectivity index (χ0n) is 21.9. The molecule has 2 fully saturated rings. The first kappa shape index (κ1) is 24.9. The van der Waals surface area contributed by atoms with Gasteiger partial charge in [0, 0.05) is 10.5 Å². The second kappa shape index (κ2) is 10.2. The van der Waals surface area contributed by atoms with E-state index in [1.165, 1.54) is 38.5 Å². The zero-order valence-corrected chi connectivity index (χ0v) is 22.7. The van der Waals surface area contributed by atoms with E-state index >= 15 is 0 Å². The van der Waals surface area contributed by atoms with Crippen molar-refractivity contribution in [2.45, 2.75) is 101 Å². The minimum Gasteiger partial charge on any atom is -0.154 e. The van der Waals surface area contributed by atoms with Crippen molar-refractivity contribution in [1.29, 1.82) is 0 Å². The Morgan fingerprint density at radius 3 is 1.33 bits per heavy atom. The monoisotopic (exact) mass is 462 g/mol. The molecule has 0 N–H and O–H groups in total. The van der Waals surface area contributed by atoms with E-state index in [1.54, 1.807) is 11.1 Å². The quantitative estimate of drug-likeness (QED) is 0.412. The fourth-order valence-electron chi connectivity index (χ4n) is 6.99. The van der Waals surface area contributed by atoms with E-state index in [4.69, 9.17) is 0 Å². The summed E-state index contributed by atoms with van der Waals surface area (Å²) < 4.78 is 0. The molecule has 2 saturated carbocycles. The van der Waals surface area contributed by atoms with E-state index in [1.807, 2.05) is 0 Å². The van der Waals surface area contributed by atoms with Crippen molar-refractivity contribution < 1.29 is 0 Å². The topological polar surface area (TPSA) is 0 Å². The van der Waals surface area contributed by atoms with Gasteiger partial charge in [-0.3, -0.25) is 0 Å². The van der Waals surface area contributed by atoms with Gasteiger partial charge in [0.15, 0.2) is 0 Å². The maximum atomic E-state index is 2.54. The Kier molecular flexibility index (Phi) is 7.69. The van der Waals surface area contributed by atoms with Crippen LogP contribution in [0.25, 0.3) is 0 Å². The van der Waals surface area contributed by atoms with Gasteiger partial charge < -0.3 is 0 Å². The molecule has 4 rings (SSSR count). The molecule has 0 aromatic heterocycles. The highest BCUT2D eigenvalue weighted by Gasteiger charge is 2.45. The molecule has 0 heterocycles. The molecule has 0 amide bonds. The van der Waals surface area contributed by atoms with E-state index in [2.05, 4.69) is 114 Å². The lowest BCUT2D eigenvalue weighted by molar-refractivity contribution is 0.200. The van der Waals surface area contributed by atoms with Crippen molar-refractivity contribution in [3.05, 3.63) is 71.8 Å². The third-order valence-corrected chi connectivity index (χ3v) is 11.1. The number of thioether (sulfide) groups is 1. The molecular weight excluding hydrogens is 416 g/mol. The summed E-state index contributed by atoms with van der Waals surface area (Å²) in [5.41, 5.74) is 3.73. The molecule has 2 aromatic carbocycles. The van der Waals surface area contributed by atoms with Gasteiger partial charge in [0.05, 0.1) is 0 Å². The van der Waals surface area contributed by atoms with Crippen LogP contribution in [0.15, 0.2) is 60.7 Å². The summed E-state index contributed by atoms with van der Waals surface area (Å²) in [6.45, 7) is 15.0. The molecule has 0 nitrogen and oxygen atoms in total. The van der Waals surface area contributed by atoms with E-state index in [9.17, 15) is 0 Å². The lowest BCUT2D eigenvalue weighted by Crippen LogP contribution is -2.43. The molecular formula is C32H46S. The smallest absolute Gasteiger partial charge is 0.00890 e. The van der Waals surface area contributed by atoms with Crippen molar-refractivity contribution >= 4 is 11.8 Å². The molecule has 0 aliphatic heterocycles. The van der Waals surface area contributed by atoms with Crippen molar-refractivity contribution in [1.82, 2.24) is 0 Å². The van der Waals surface area contributed by atoms with Gasteiger partial charge in [-0.1, -0.05) is 102 Å². The molecule has 6 unspecified atom stereocenters. The van der Waals surface area contributed by atoms with Crippen LogP contribution in [0.2, 0.25) is 0 Å². The third kappa shape index (κ3) is 5.39. The summed E-state index contributed by atoms with van der Waals surface area (Å²) in [5, 5.41) is 1.52. The molecule has 0 radical (unpaired) electrons. The van der Waals surface area contributed by atoms with Crippen LogP contribution in [0.5, 0.6) is 0 Å². The van der Waals surface area contributed by atoms with Crippen LogP contribution in [0.3, 0.4) is 0 Å². The zero-order chi connectivity index (χ0) is 23.6. The standard InChI is InChI=1S/C32H46S/c1-23(2)27-17-19-31(5,25-13-9-7-10-14-25)21-29(27)33-30-22-32(6,20-18-28(30)24(3)4)26-15-11-8-12-16-26/h7-16,23-24,27-30H,17-22H2,1-6H3. The van der Waals surface area contributed by atoms with Gasteiger partial charge in [-0.25, -0.2) is 0 Å². The fourth-order valence-corrected chi connectivity index (χ4v) is 9.67. The first-order valence-electron chi connectivity index (χ1n) is 13.5. The normalized spacial score (nSPS) is 35.2. The molecule has 180 valence electrons. The summed E-state index contributed by atoms with van der Waals surface area (Å²) >= 11 is 2.41. The van der Waals surface area contributed by atoms with Crippen LogP contribution >= 0.6 is 11.8 Å². The predicted molar refractivity (Wildman–Crippen MR) is 147 cm³/mol. The first-order valence-corrected chi connectivity index (χ1v) is 14.4. The minimum absolute atomic E-state index is 0.315. The second-order valence-electron chi connectivity index (χ2n) is 12.4. The molecule has 1 heteroatoms. The van der Waals surface area contributed by atoms with E-state index < -0.39 is 0 Å². The van der Waals surface area contributed by atoms with Gasteiger partial charge in [-0.05, 0) is 84.2 Å². The fraction of sp³-hybridized carbons (Fsp3) is 0.625. The Bertz CT molecular complexity index is 798. The molecule has 0 spiro atoms. The van der Waals surface area contributed by atoms with Crippen molar-refractivity contribution in [3.8, 4) is 0 Å². The molecule has 0 saturated heterocycles. The molecule has 6 atom stereocenters. The molecule has 2 aliphatic rings. The second-order valence-corrected chi connectivity index (χ2v) is 13.9. The average Bonchev–Trinajstić information content (AvgIpc) is 2.80. The molecule has 2 aliphatic carbocycles. The van der Waals surface area contributed by atoms with Gasteiger partial charge in [0.2, 0.25) is 0 Å². The Labute approximate surface area is 208 Å². The summed E-state index contributed by atoms with van der Waals surface area (Å²) in [7, 11) is 0. The van der Waals surface area contributed by atoms with Gasteiger partial charge in [0.25, 0.3) is 0 Å². The number of hydrogen-bond donors (Lipinski definition) is 0. The Morgan fingerprint density at radius 1 is 0.636 bits per heavy atom. The number of rotatable bonds is 6. The van der Waals surface area contributed by atoms with Crippen LogP contribution < -0.4 is 0 Å². The Balaban J connectivity index is 1.60. The molecule has 0 bridgehead atoms. The van der Waals surface area contributed by atoms with Crippen LogP contribution in [0.4, 0.5) is 0 Å². The SMILES string of the molecule is CC(C)C1CCC(C)(c2ccccc2)CC1SC1CC(C)(c2ccccc2)CCC1C(C)C. The maximum Gasteiger partial charge on any atom is 0.00890 e. The number of hydrogen-bond acceptors (Lipinski definition) is 1. The first-order chi connectivity index (χ1) is 15.7. The summed E-state index contributed by atoms with van der Waals surface area (Å²) in [4.78, 5) is 0. The van der Waals surface area contributed by atoms with E-state index in [-0.39, 0.29) is 0 Å². The molecule has 33 heavy (non-hydrogen) atoms. The largest absolute Gasteiger partial charge is 0.154 e. The average molecular weight is 463 g/mol. The summed E-state index contributed by atoms with van der Waals surface area (Å²) in [6, 6.07) is 22.8. The van der Waals surface area contributed by atoms with Crippen LogP contribution in [-0.2, 0) is 10.8 Å². The highest BCUT2D eigenvalue weighted by molar-refractivity contribution is 8.00. The molecule has 2 aromatic rings. The van der Waals surface area contributed by atoms with Crippen LogP contribution in [0.1, 0.15) is 91.2 Å². The van der Waals surface area contributed by atoms with Gasteiger partial charge in [0.1, 0.15) is 0 Å². The van der Waals surface area contributed by atoms with Gasteiger partial charge >= 0.3 is 0 Å². The Morgan fingerprint density at radius 2 is 1.00 bits per heavy atom. The minimum atomic E-state index is 0.315. The highest BCUT2D eigenvalue weighted by Crippen LogP contribution is 2.54. The van der Waals surface area contributed by atoms with Crippen LogP contribution in [-0.4, -0.2) is 10.5 Å². The van der Waals surface area contributed by atoms with Crippen molar-refractivity contribution in [3.63, 3.8) is 0 Å². The van der Waals surface area contributed by atoms with Crippen molar-refractivity contribution in [2.75, 3.05) is 0 Å². The summed E-state index contributed by atoms with van der Waals surface area (Å²) in [5.74, 6) is 3.21. The third-order valence-electron chi connectivity index (χ3n) is 9.32. The van der Waals surface area contributed by atoms with Crippen LogP contribution in [0, 0.1) is 23.7 Å². The number of benzene rings is 2. The van der Waals surface area contributed by atoms with E-state index in [0.29, 0.717) is 10.8 Å².